The average molecular weight is 858 g/mol. The van der Waals surface area contributed by atoms with Crippen LogP contribution >= 0.6 is 7.82 Å². The quantitative estimate of drug-likeness (QED) is 0.0233. The lowest BCUT2D eigenvalue weighted by molar-refractivity contribution is -0.154. The van der Waals surface area contributed by atoms with Crippen molar-refractivity contribution < 1.29 is 42.7 Å². The molecule has 3 unspecified atom stereocenters. The van der Waals surface area contributed by atoms with E-state index in [4.69, 9.17) is 29.4 Å². The van der Waals surface area contributed by atoms with Crippen molar-refractivity contribution in [3.8, 4) is 0 Å². The fraction of sp³-hybridized carbons (Fsp3) is 0.875. The lowest BCUT2D eigenvalue weighted by Crippen LogP contribution is -2.34. The molecule has 11 heteroatoms. The van der Waals surface area contributed by atoms with Crippen LogP contribution in [0.4, 0.5) is 0 Å². The molecule has 0 aromatic heterocycles. The maximum Gasteiger partial charge on any atom is 0.472 e. The molecule has 0 saturated carbocycles. The van der Waals surface area contributed by atoms with Crippen LogP contribution < -0.4 is 5.73 Å². The summed E-state index contributed by atoms with van der Waals surface area (Å²) in [5, 5.41) is 8.91. The molecule has 0 saturated heterocycles. The molecular formula is C48H92NO9P. The first-order valence-electron chi connectivity index (χ1n) is 24.4. The first-order chi connectivity index (χ1) is 28.7. The molecule has 0 aromatic carbocycles. The molecule has 0 aromatic rings. The van der Waals surface area contributed by atoms with Crippen LogP contribution in [-0.2, 0) is 32.7 Å². The van der Waals surface area contributed by atoms with Gasteiger partial charge in [0.25, 0.3) is 0 Å². The summed E-state index contributed by atoms with van der Waals surface area (Å²) in [5.41, 5.74) is 5.37. The Hall–Kier alpha value is -1.55. The number of nitrogens with two attached hydrogens (primary N) is 1. The van der Waals surface area contributed by atoms with E-state index < -0.39 is 45.1 Å². The molecular weight excluding hydrogens is 765 g/mol. The Balaban J connectivity index is 4.13. The largest absolute Gasteiger partial charge is 0.480 e. The molecule has 0 aliphatic heterocycles. The zero-order valence-corrected chi connectivity index (χ0v) is 39.0. The fourth-order valence-electron chi connectivity index (χ4n) is 6.93. The zero-order valence-electron chi connectivity index (χ0n) is 38.1. The number of hydrogen-bond acceptors (Lipinski definition) is 8. The summed E-state index contributed by atoms with van der Waals surface area (Å²) in [4.78, 5) is 33.6. The highest BCUT2D eigenvalue weighted by Gasteiger charge is 2.27. The number of rotatable bonds is 47. The van der Waals surface area contributed by atoms with E-state index in [-0.39, 0.29) is 13.0 Å². The van der Waals surface area contributed by atoms with Crippen molar-refractivity contribution in [3.63, 3.8) is 0 Å². The molecule has 0 aliphatic rings. The molecule has 348 valence electrons. The third-order valence-electron chi connectivity index (χ3n) is 10.7. The van der Waals surface area contributed by atoms with E-state index >= 15 is 0 Å². The Morgan fingerprint density at radius 3 is 1.37 bits per heavy atom. The van der Waals surface area contributed by atoms with Gasteiger partial charge in [0.1, 0.15) is 12.1 Å². The highest BCUT2D eigenvalue weighted by Crippen LogP contribution is 2.43. The molecule has 0 spiro atoms. The van der Waals surface area contributed by atoms with Crippen molar-refractivity contribution in [1.82, 2.24) is 0 Å². The number of hydrogen-bond donors (Lipinski definition) is 3. The van der Waals surface area contributed by atoms with Gasteiger partial charge in [0.05, 0.1) is 19.8 Å². The van der Waals surface area contributed by atoms with Crippen LogP contribution in [-0.4, -0.2) is 60.5 Å². The number of unbranched alkanes of at least 4 members (excludes halogenated alkanes) is 29. The van der Waals surface area contributed by atoms with Crippen LogP contribution in [0.1, 0.15) is 232 Å². The molecule has 0 rings (SSSR count). The fourth-order valence-corrected chi connectivity index (χ4v) is 7.71. The number of carbonyl (C=O) groups is 2. The van der Waals surface area contributed by atoms with Gasteiger partial charge in [-0.3, -0.25) is 18.6 Å². The second-order valence-corrected chi connectivity index (χ2v) is 18.1. The second kappa shape index (κ2) is 44.5. The number of allylic oxidation sites excluding steroid dienone is 4. The molecule has 0 aliphatic carbocycles. The topological polar surface area (TPSA) is 155 Å². The number of aliphatic carboxylic acids is 1. The van der Waals surface area contributed by atoms with Gasteiger partial charge in [-0.25, -0.2) is 4.57 Å². The van der Waals surface area contributed by atoms with Gasteiger partial charge in [0.2, 0.25) is 0 Å². The molecule has 0 heterocycles. The Morgan fingerprint density at radius 2 is 0.932 bits per heavy atom. The van der Waals surface area contributed by atoms with Gasteiger partial charge in [0.15, 0.2) is 0 Å². The molecule has 0 radical (unpaired) electrons. The van der Waals surface area contributed by atoms with Crippen LogP contribution in [0.15, 0.2) is 24.3 Å². The van der Waals surface area contributed by atoms with Crippen molar-refractivity contribution >= 4 is 19.8 Å². The number of carboxylic acid groups (broad SMARTS) is 1. The molecule has 0 bridgehead atoms. The van der Waals surface area contributed by atoms with Gasteiger partial charge in [-0.05, 0) is 44.9 Å². The molecule has 59 heavy (non-hydrogen) atoms. The van der Waals surface area contributed by atoms with Crippen molar-refractivity contribution in [3.05, 3.63) is 24.3 Å². The van der Waals surface area contributed by atoms with E-state index in [0.717, 1.165) is 44.9 Å². The van der Waals surface area contributed by atoms with E-state index in [9.17, 15) is 19.0 Å². The lowest BCUT2D eigenvalue weighted by Gasteiger charge is -2.20. The first kappa shape index (κ1) is 57.4. The number of phosphoric ester groups is 1. The number of ether oxygens (including phenoxy) is 2. The minimum absolute atomic E-state index is 0.0192. The minimum Gasteiger partial charge on any atom is -0.480 e. The van der Waals surface area contributed by atoms with E-state index in [1.807, 2.05) is 0 Å². The van der Waals surface area contributed by atoms with Crippen LogP contribution in [0, 0.1) is 0 Å². The van der Waals surface area contributed by atoms with E-state index in [1.54, 1.807) is 0 Å². The van der Waals surface area contributed by atoms with E-state index in [2.05, 4.69) is 38.2 Å². The smallest absolute Gasteiger partial charge is 0.472 e. The average Bonchev–Trinajstić information content (AvgIpc) is 3.21. The molecule has 4 N–H and O–H groups in total. The highest BCUT2D eigenvalue weighted by molar-refractivity contribution is 7.47. The van der Waals surface area contributed by atoms with Gasteiger partial charge >= 0.3 is 19.8 Å². The van der Waals surface area contributed by atoms with Crippen LogP contribution in [0.3, 0.4) is 0 Å². The number of carbonyl (C=O) groups excluding carboxylic acids is 1. The van der Waals surface area contributed by atoms with Crippen LogP contribution in [0.5, 0.6) is 0 Å². The molecule has 3 atom stereocenters. The van der Waals surface area contributed by atoms with E-state index in [1.165, 1.54) is 167 Å². The summed E-state index contributed by atoms with van der Waals surface area (Å²) in [6, 6.07) is -1.47. The number of phosphoric acid groups is 1. The predicted octanol–water partition coefficient (Wildman–Crippen LogP) is 13.9. The van der Waals surface area contributed by atoms with Crippen LogP contribution in [0.2, 0.25) is 0 Å². The summed E-state index contributed by atoms with van der Waals surface area (Å²) in [6.07, 6.45) is 49.4. The van der Waals surface area contributed by atoms with Gasteiger partial charge in [-0.1, -0.05) is 205 Å². The number of esters is 1. The second-order valence-electron chi connectivity index (χ2n) is 16.6. The minimum atomic E-state index is -4.62. The van der Waals surface area contributed by atoms with Gasteiger partial charge in [-0.15, -0.1) is 0 Å². The Kier molecular flexibility index (Phi) is 43.3. The molecule has 0 fully saturated rings. The predicted molar refractivity (Wildman–Crippen MR) is 245 cm³/mol. The molecule has 10 nitrogen and oxygen atoms in total. The van der Waals surface area contributed by atoms with Gasteiger partial charge in [0, 0.05) is 13.0 Å². The normalized spacial score (nSPS) is 14.0. The first-order valence-corrected chi connectivity index (χ1v) is 25.9. The summed E-state index contributed by atoms with van der Waals surface area (Å²) in [7, 11) is -4.62. The number of carboxylic acids is 1. The van der Waals surface area contributed by atoms with Crippen molar-refractivity contribution in [2.24, 2.45) is 5.73 Å². The summed E-state index contributed by atoms with van der Waals surface area (Å²) >= 11 is 0. The zero-order chi connectivity index (χ0) is 43.3. The standard InChI is InChI=1S/C48H92NO9P/c1-3-5-7-9-11-13-15-17-19-20-21-22-23-24-25-27-29-31-33-35-37-39-41-55-42-45(43-56-59(53,54)57-44-46(49)48(51)52)58-47(50)40-38-36-34-32-30-28-26-18-16-14-12-10-8-6-4-2/h15,17,20-21,45-46H,3-14,16,18-19,22-44,49H2,1-2H3,(H,51,52)(H,53,54)/b17-15-,21-20-. The summed E-state index contributed by atoms with van der Waals surface area (Å²) in [5.74, 6) is -1.77. The SMILES string of the molecule is CCCCCCC/C=C\C/C=C\CCCCCCCCCCCCOCC(COP(=O)(O)OCC(N)C(=O)O)OC(=O)CCCCCCCCCCCCCCCCC. The maximum atomic E-state index is 12.7. The van der Waals surface area contributed by atoms with E-state index in [0.29, 0.717) is 6.61 Å². The summed E-state index contributed by atoms with van der Waals surface area (Å²) in [6.45, 7) is 3.90. The Bertz CT molecular complexity index is 1040. The van der Waals surface area contributed by atoms with Crippen molar-refractivity contribution in [1.29, 1.82) is 0 Å². The van der Waals surface area contributed by atoms with Gasteiger partial charge < -0.3 is 25.2 Å². The monoisotopic (exact) mass is 858 g/mol. The summed E-state index contributed by atoms with van der Waals surface area (Å²) < 4.78 is 33.5. The van der Waals surface area contributed by atoms with Crippen molar-refractivity contribution in [2.75, 3.05) is 26.4 Å². The highest BCUT2D eigenvalue weighted by atomic mass is 31.2. The van der Waals surface area contributed by atoms with Crippen LogP contribution in [0.25, 0.3) is 0 Å². The van der Waals surface area contributed by atoms with Gasteiger partial charge in [-0.2, -0.15) is 0 Å². The van der Waals surface area contributed by atoms with Crippen molar-refractivity contribution in [2.45, 2.75) is 244 Å². The Labute approximate surface area is 362 Å². The maximum absolute atomic E-state index is 12.7. The lowest BCUT2D eigenvalue weighted by atomic mass is 10.0. The Morgan fingerprint density at radius 1 is 0.542 bits per heavy atom. The third kappa shape index (κ3) is 44.3. The third-order valence-corrected chi connectivity index (χ3v) is 11.7. The molecule has 0 amide bonds.